The largest absolute Gasteiger partial charge is 0.480 e. The first-order valence-electron chi connectivity index (χ1n) is 9.83. The Labute approximate surface area is 174 Å². The molecule has 3 rings (SSSR count). The molecule has 1 fully saturated rings. The lowest BCUT2D eigenvalue weighted by Crippen LogP contribution is -2.54. The van der Waals surface area contributed by atoms with Gasteiger partial charge in [0.05, 0.1) is 0 Å². The lowest BCUT2D eigenvalue weighted by molar-refractivity contribution is -0.149. The number of amides is 2. The number of carboxylic acids is 1. The van der Waals surface area contributed by atoms with E-state index in [9.17, 15) is 19.5 Å². The summed E-state index contributed by atoms with van der Waals surface area (Å²) in [6.07, 6.45) is 1.76. The standard InChI is InChI=1S/C21H26ClN3O4/c1-4-12(2)18(20(27)25-9-5-6-16(25)21(28)29)23-19(26)17-11-13-10-14(22)7-8-15(13)24(17)3/h7-8,10-12,16,18H,4-6,9H2,1-3H3,(H,23,26)(H,28,29)/t12?,16-,18-/m0/s1. The van der Waals surface area contributed by atoms with Gasteiger partial charge in [-0.15, -0.1) is 0 Å². The quantitative estimate of drug-likeness (QED) is 0.752. The second-order valence-corrected chi connectivity index (χ2v) is 8.09. The molecular weight excluding hydrogens is 394 g/mol. The van der Waals surface area contributed by atoms with Crippen LogP contribution in [0.5, 0.6) is 0 Å². The number of aromatic nitrogens is 1. The molecule has 29 heavy (non-hydrogen) atoms. The number of benzene rings is 1. The lowest BCUT2D eigenvalue weighted by Gasteiger charge is -2.30. The van der Waals surface area contributed by atoms with E-state index in [2.05, 4.69) is 5.32 Å². The van der Waals surface area contributed by atoms with Crippen molar-refractivity contribution in [3.05, 3.63) is 35.0 Å². The highest BCUT2D eigenvalue weighted by Crippen LogP contribution is 2.24. The molecule has 0 aliphatic carbocycles. The molecule has 1 aliphatic heterocycles. The fourth-order valence-corrected chi connectivity index (χ4v) is 4.08. The minimum Gasteiger partial charge on any atom is -0.480 e. The molecule has 2 aromatic rings. The van der Waals surface area contributed by atoms with Gasteiger partial charge in [0.25, 0.3) is 5.91 Å². The second-order valence-electron chi connectivity index (χ2n) is 7.66. The minimum atomic E-state index is -1.00. The Morgan fingerprint density at radius 2 is 2.03 bits per heavy atom. The molecule has 7 nitrogen and oxygen atoms in total. The van der Waals surface area contributed by atoms with Crippen LogP contribution in [0.2, 0.25) is 5.02 Å². The zero-order valence-electron chi connectivity index (χ0n) is 16.8. The van der Waals surface area contributed by atoms with Crippen molar-refractivity contribution < 1.29 is 19.5 Å². The van der Waals surface area contributed by atoms with E-state index in [0.29, 0.717) is 36.5 Å². The molecule has 0 saturated carbocycles. The maximum Gasteiger partial charge on any atom is 0.326 e. The monoisotopic (exact) mass is 419 g/mol. The molecule has 2 amide bonds. The van der Waals surface area contributed by atoms with Crippen LogP contribution in [0.1, 0.15) is 43.6 Å². The molecule has 1 aromatic heterocycles. The number of likely N-dealkylation sites (tertiary alicyclic amines) is 1. The number of rotatable bonds is 6. The van der Waals surface area contributed by atoms with Gasteiger partial charge in [-0.25, -0.2) is 4.79 Å². The van der Waals surface area contributed by atoms with Gasteiger partial charge in [0.1, 0.15) is 17.8 Å². The first kappa shape index (κ1) is 21.2. The fraction of sp³-hybridized carbons (Fsp3) is 0.476. The minimum absolute atomic E-state index is 0.134. The average molecular weight is 420 g/mol. The Balaban J connectivity index is 1.87. The number of fused-ring (bicyclic) bond motifs is 1. The van der Waals surface area contributed by atoms with Crippen LogP contribution in [0.4, 0.5) is 0 Å². The Morgan fingerprint density at radius 3 is 2.69 bits per heavy atom. The summed E-state index contributed by atoms with van der Waals surface area (Å²) in [4.78, 5) is 39.1. The van der Waals surface area contributed by atoms with Crippen LogP contribution in [-0.2, 0) is 16.6 Å². The number of nitrogens with zero attached hydrogens (tertiary/aromatic N) is 2. The Bertz CT molecular complexity index is 955. The Hall–Kier alpha value is -2.54. The molecule has 1 unspecified atom stereocenters. The van der Waals surface area contributed by atoms with Gasteiger partial charge in [-0.3, -0.25) is 9.59 Å². The highest BCUT2D eigenvalue weighted by molar-refractivity contribution is 6.31. The molecule has 2 heterocycles. The summed E-state index contributed by atoms with van der Waals surface area (Å²) in [6.45, 7) is 4.22. The number of halogens is 1. The number of nitrogens with one attached hydrogen (secondary N) is 1. The zero-order valence-corrected chi connectivity index (χ0v) is 17.6. The molecule has 0 spiro atoms. The van der Waals surface area contributed by atoms with Gasteiger partial charge in [-0.2, -0.15) is 0 Å². The number of carbonyl (C=O) groups excluding carboxylic acids is 2. The highest BCUT2D eigenvalue weighted by Gasteiger charge is 2.39. The van der Waals surface area contributed by atoms with Gasteiger partial charge >= 0.3 is 5.97 Å². The van der Waals surface area contributed by atoms with E-state index in [0.717, 1.165) is 10.9 Å². The number of aryl methyl sites for hydroxylation is 1. The molecule has 1 aliphatic rings. The van der Waals surface area contributed by atoms with E-state index in [4.69, 9.17) is 11.6 Å². The van der Waals surface area contributed by atoms with Crippen LogP contribution >= 0.6 is 11.6 Å². The molecule has 1 aromatic carbocycles. The first-order chi connectivity index (χ1) is 13.7. The molecule has 1 saturated heterocycles. The molecule has 8 heteroatoms. The third-order valence-corrected chi connectivity index (χ3v) is 6.06. The molecule has 0 radical (unpaired) electrons. The smallest absolute Gasteiger partial charge is 0.326 e. The maximum absolute atomic E-state index is 13.2. The third kappa shape index (κ3) is 4.10. The van der Waals surface area contributed by atoms with Crippen LogP contribution in [-0.4, -0.2) is 51.0 Å². The van der Waals surface area contributed by atoms with Crippen molar-refractivity contribution in [3.63, 3.8) is 0 Å². The average Bonchev–Trinajstić information content (AvgIpc) is 3.30. The van der Waals surface area contributed by atoms with E-state index in [-0.39, 0.29) is 17.7 Å². The molecular formula is C21H26ClN3O4. The van der Waals surface area contributed by atoms with Crippen LogP contribution < -0.4 is 5.32 Å². The van der Waals surface area contributed by atoms with Gasteiger partial charge < -0.3 is 19.9 Å². The number of carbonyl (C=O) groups is 3. The second kappa shape index (κ2) is 8.45. The molecule has 3 atom stereocenters. The van der Waals surface area contributed by atoms with E-state index in [1.54, 1.807) is 29.8 Å². The van der Waals surface area contributed by atoms with Gasteiger partial charge in [-0.05, 0) is 43.0 Å². The van der Waals surface area contributed by atoms with Crippen molar-refractivity contribution in [2.24, 2.45) is 13.0 Å². The maximum atomic E-state index is 13.2. The molecule has 156 valence electrons. The molecule has 0 bridgehead atoms. The first-order valence-corrected chi connectivity index (χ1v) is 10.2. The predicted molar refractivity (Wildman–Crippen MR) is 111 cm³/mol. The van der Waals surface area contributed by atoms with E-state index < -0.39 is 18.1 Å². The van der Waals surface area contributed by atoms with Crippen LogP contribution in [0.25, 0.3) is 10.9 Å². The number of hydrogen-bond acceptors (Lipinski definition) is 3. The fourth-order valence-electron chi connectivity index (χ4n) is 3.90. The van der Waals surface area contributed by atoms with Gasteiger partial charge in [-0.1, -0.05) is 31.9 Å². The normalized spacial score (nSPS) is 18.6. The third-order valence-electron chi connectivity index (χ3n) is 5.82. The van der Waals surface area contributed by atoms with Crippen LogP contribution in [0.3, 0.4) is 0 Å². The van der Waals surface area contributed by atoms with E-state index >= 15 is 0 Å². The van der Waals surface area contributed by atoms with Gasteiger partial charge in [0.2, 0.25) is 5.91 Å². The lowest BCUT2D eigenvalue weighted by atomic mass is 9.97. The van der Waals surface area contributed by atoms with Crippen molar-refractivity contribution in [2.75, 3.05) is 6.54 Å². The predicted octanol–water partition coefficient (Wildman–Crippen LogP) is 3.05. The highest BCUT2D eigenvalue weighted by atomic mass is 35.5. The van der Waals surface area contributed by atoms with Crippen molar-refractivity contribution in [3.8, 4) is 0 Å². The number of aliphatic carboxylic acids is 1. The summed E-state index contributed by atoms with van der Waals surface area (Å²) in [5.41, 5.74) is 1.27. The Morgan fingerprint density at radius 1 is 1.31 bits per heavy atom. The summed E-state index contributed by atoms with van der Waals surface area (Å²) in [5, 5.41) is 13.7. The van der Waals surface area contributed by atoms with Crippen LogP contribution in [0, 0.1) is 5.92 Å². The van der Waals surface area contributed by atoms with Crippen LogP contribution in [0.15, 0.2) is 24.3 Å². The number of carboxylic acid groups (broad SMARTS) is 1. The van der Waals surface area contributed by atoms with Crippen molar-refractivity contribution in [1.29, 1.82) is 0 Å². The van der Waals surface area contributed by atoms with Gasteiger partial charge in [0.15, 0.2) is 0 Å². The van der Waals surface area contributed by atoms with E-state index in [1.165, 1.54) is 4.90 Å². The summed E-state index contributed by atoms with van der Waals surface area (Å²) >= 11 is 6.05. The topological polar surface area (TPSA) is 91.6 Å². The summed E-state index contributed by atoms with van der Waals surface area (Å²) in [5.74, 6) is -1.84. The number of hydrogen-bond donors (Lipinski definition) is 2. The van der Waals surface area contributed by atoms with Crippen molar-refractivity contribution >= 4 is 40.3 Å². The SMILES string of the molecule is CCC(C)[C@H](NC(=O)c1cc2cc(Cl)ccc2n1C)C(=O)N1CCC[C@H]1C(=O)O. The summed E-state index contributed by atoms with van der Waals surface area (Å²) in [6, 6.07) is 5.51. The molecule has 2 N–H and O–H groups in total. The summed E-state index contributed by atoms with van der Waals surface area (Å²) < 4.78 is 1.76. The van der Waals surface area contributed by atoms with Crippen molar-refractivity contribution in [1.82, 2.24) is 14.8 Å². The van der Waals surface area contributed by atoms with E-state index in [1.807, 2.05) is 19.9 Å². The van der Waals surface area contributed by atoms with Gasteiger partial charge in [0, 0.05) is 29.5 Å². The Kier molecular flexibility index (Phi) is 6.17. The zero-order chi connectivity index (χ0) is 21.3. The van der Waals surface area contributed by atoms with Crippen molar-refractivity contribution in [2.45, 2.75) is 45.2 Å². The summed E-state index contributed by atoms with van der Waals surface area (Å²) in [7, 11) is 1.78.